The maximum atomic E-state index is 11.4. The van der Waals surface area contributed by atoms with Crippen molar-refractivity contribution < 1.29 is 17.9 Å². The lowest BCUT2D eigenvalue weighted by Crippen LogP contribution is -2.32. The fourth-order valence-corrected chi connectivity index (χ4v) is 2.60. The Morgan fingerprint density at radius 2 is 2.05 bits per heavy atom. The summed E-state index contributed by atoms with van der Waals surface area (Å²) in [7, 11) is -3.83. The third-order valence-electron chi connectivity index (χ3n) is 2.34. The minimum atomic E-state index is -3.83. The van der Waals surface area contributed by atoms with Gasteiger partial charge in [-0.25, -0.2) is 18.4 Å². The van der Waals surface area contributed by atoms with E-state index in [0.717, 1.165) is 0 Å². The highest BCUT2D eigenvalue weighted by Crippen LogP contribution is 2.22. The van der Waals surface area contributed by atoms with Crippen LogP contribution in [0.3, 0.4) is 0 Å². The first-order chi connectivity index (χ1) is 9.99. The second-order valence-electron chi connectivity index (χ2n) is 5.52. The number of primary sulfonamides is 1. The van der Waals surface area contributed by atoms with E-state index >= 15 is 0 Å². The van der Waals surface area contributed by atoms with E-state index in [1.54, 1.807) is 39.0 Å². The second kappa shape index (κ2) is 7.13. The Morgan fingerprint density at radius 3 is 2.55 bits per heavy atom. The Balaban J connectivity index is 2.62. The molecule has 0 aromatic heterocycles. The van der Waals surface area contributed by atoms with Gasteiger partial charge in [-0.1, -0.05) is 29.8 Å². The van der Waals surface area contributed by atoms with Crippen LogP contribution in [0.4, 0.5) is 4.79 Å². The van der Waals surface area contributed by atoms with Gasteiger partial charge < -0.3 is 10.1 Å². The monoisotopic (exact) mass is 346 g/mol. The lowest BCUT2D eigenvalue weighted by molar-refractivity contribution is 0.0534. The van der Waals surface area contributed by atoms with Gasteiger partial charge in [0.15, 0.2) is 0 Å². The predicted molar refractivity (Wildman–Crippen MR) is 86.1 cm³/mol. The fourth-order valence-electron chi connectivity index (χ4n) is 1.50. The number of benzene rings is 1. The molecular formula is C14H19ClN2O4S. The molecule has 1 rings (SSSR count). The minimum absolute atomic E-state index is 0.0461. The van der Waals surface area contributed by atoms with Crippen LogP contribution in [0.2, 0.25) is 5.02 Å². The normalized spacial score (nSPS) is 12.4. The van der Waals surface area contributed by atoms with Crippen molar-refractivity contribution in [1.29, 1.82) is 0 Å². The second-order valence-corrected chi connectivity index (χ2v) is 7.46. The summed E-state index contributed by atoms with van der Waals surface area (Å²) >= 11 is 5.87. The van der Waals surface area contributed by atoms with Crippen molar-refractivity contribution in [2.45, 2.75) is 31.3 Å². The molecule has 0 aliphatic rings. The third kappa shape index (κ3) is 6.46. The Bertz CT molecular complexity index is 679. The number of nitrogens with one attached hydrogen (secondary N) is 1. The highest BCUT2D eigenvalue weighted by Gasteiger charge is 2.15. The SMILES string of the molecule is CC(C)(C)OC(=O)NCC=Cc1ccc(S(N)(=O)=O)c(Cl)c1. The Hall–Kier alpha value is -1.57. The lowest BCUT2D eigenvalue weighted by atomic mass is 10.2. The number of amides is 1. The molecule has 3 N–H and O–H groups in total. The van der Waals surface area contributed by atoms with Crippen LogP contribution in [0.15, 0.2) is 29.2 Å². The van der Waals surface area contributed by atoms with Crippen molar-refractivity contribution in [3.8, 4) is 0 Å². The summed E-state index contributed by atoms with van der Waals surface area (Å²) in [6.45, 7) is 5.59. The molecule has 0 aliphatic heterocycles. The summed E-state index contributed by atoms with van der Waals surface area (Å²) in [5, 5.41) is 7.63. The number of carbonyl (C=O) groups is 1. The molecule has 22 heavy (non-hydrogen) atoms. The number of sulfonamides is 1. The van der Waals surface area contributed by atoms with Crippen LogP contribution in [-0.2, 0) is 14.8 Å². The van der Waals surface area contributed by atoms with Crippen LogP contribution in [0.25, 0.3) is 6.08 Å². The van der Waals surface area contributed by atoms with Crippen molar-refractivity contribution in [2.24, 2.45) is 5.14 Å². The van der Waals surface area contributed by atoms with Crippen molar-refractivity contribution in [3.05, 3.63) is 34.9 Å². The Morgan fingerprint density at radius 1 is 1.41 bits per heavy atom. The van der Waals surface area contributed by atoms with E-state index in [0.29, 0.717) is 5.56 Å². The molecule has 0 atom stereocenters. The van der Waals surface area contributed by atoms with E-state index in [1.807, 2.05) is 0 Å². The molecule has 0 bridgehead atoms. The van der Waals surface area contributed by atoms with Gasteiger partial charge in [-0.3, -0.25) is 0 Å². The highest BCUT2D eigenvalue weighted by molar-refractivity contribution is 7.89. The van der Waals surface area contributed by atoms with Crippen LogP contribution >= 0.6 is 11.6 Å². The summed E-state index contributed by atoms with van der Waals surface area (Å²) < 4.78 is 27.5. The van der Waals surface area contributed by atoms with Crippen molar-refractivity contribution >= 4 is 33.8 Å². The molecule has 0 unspecified atom stereocenters. The van der Waals surface area contributed by atoms with E-state index in [1.165, 1.54) is 12.1 Å². The van der Waals surface area contributed by atoms with Gasteiger partial charge in [-0.05, 0) is 38.5 Å². The van der Waals surface area contributed by atoms with Crippen LogP contribution in [-0.4, -0.2) is 26.7 Å². The van der Waals surface area contributed by atoms with Crippen LogP contribution in [0.5, 0.6) is 0 Å². The molecule has 0 saturated heterocycles. The molecule has 0 saturated carbocycles. The molecule has 0 fully saturated rings. The number of halogens is 1. The number of rotatable bonds is 4. The predicted octanol–water partition coefficient (Wildman–Crippen LogP) is 2.53. The van der Waals surface area contributed by atoms with Crippen molar-refractivity contribution in [3.63, 3.8) is 0 Å². The molecule has 1 aromatic rings. The van der Waals surface area contributed by atoms with Crippen LogP contribution < -0.4 is 10.5 Å². The topological polar surface area (TPSA) is 98.5 Å². The minimum Gasteiger partial charge on any atom is -0.444 e. The van der Waals surface area contributed by atoms with Gasteiger partial charge in [0.1, 0.15) is 10.5 Å². The number of nitrogens with two attached hydrogens (primary N) is 1. The quantitative estimate of drug-likeness (QED) is 0.875. The number of ether oxygens (including phenoxy) is 1. The Labute approximate surface area is 135 Å². The number of hydrogen-bond acceptors (Lipinski definition) is 4. The average Bonchev–Trinajstić information content (AvgIpc) is 2.31. The van der Waals surface area contributed by atoms with E-state index < -0.39 is 21.7 Å². The molecule has 0 spiro atoms. The molecule has 8 heteroatoms. The standard InChI is InChI=1S/C14H19ClN2O4S/c1-14(2,3)21-13(18)17-8-4-5-10-6-7-12(11(15)9-10)22(16,19)20/h4-7,9H,8H2,1-3H3,(H,17,18)(H2,16,19,20). The molecular weight excluding hydrogens is 328 g/mol. The van der Waals surface area contributed by atoms with E-state index in [2.05, 4.69) is 5.32 Å². The molecule has 1 amide bonds. The maximum absolute atomic E-state index is 11.4. The number of alkyl carbamates (subject to hydrolysis) is 1. The van der Waals surface area contributed by atoms with Crippen molar-refractivity contribution in [1.82, 2.24) is 5.32 Å². The first-order valence-corrected chi connectivity index (χ1v) is 8.37. The van der Waals surface area contributed by atoms with E-state index in [4.69, 9.17) is 21.5 Å². The van der Waals surface area contributed by atoms with Gasteiger partial charge in [-0.15, -0.1) is 0 Å². The van der Waals surface area contributed by atoms with Crippen LogP contribution in [0.1, 0.15) is 26.3 Å². The van der Waals surface area contributed by atoms with Gasteiger partial charge in [0.25, 0.3) is 0 Å². The summed E-state index contributed by atoms with van der Waals surface area (Å²) in [4.78, 5) is 11.3. The molecule has 0 heterocycles. The summed E-state index contributed by atoms with van der Waals surface area (Å²) in [6.07, 6.45) is 2.86. The third-order valence-corrected chi connectivity index (χ3v) is 3.73. The fraction of sp³-hybridized carbons (Fsp3) is 0.357. The summed E-state index contributed by atoms with van der Waals surface area (Å²) in [6, 6.07) is 4.37. The molecule has 6 nitrogen and oxygen atoms in total. The zero-order valence-corrected chi connectivity index (χ0v) is 14.2. The van der Waals surface area contributed by atoms with Gasteiger partial charge >= 0.3 is 6.09 Å². The smallest absolute Gasteiger partial charge is 0.407 e. The van der Waals surface area contributed by atoms with E-state index in [9.17, 15) is 13.2 Å². The van der Waals surface area contributed by atoms with Crippen molar-refractivity contribution in [2.75, 3.05) is 6.54 Å². The maximum Gasteiger partial charge on any atom is 0.407 e. The average molecular weight is 347 g/mol. The largest absolute Gasteiger partial charge is 0.444 e. The molecule has 1 aromatic carbocycles. The summed E-state index contributed by atoms with van der Waals surface area (Å²) in [5.41, 5.74) is 0.133. The lowest BCUT2D eigenvalue weighted by Gasteiger charge is -2.19. The first-order valence-electron chi connectivity index (χ1n) is 6.45. The van der Waals surface area contributed by atoms with Gasteiger partial charge in [-0.2, -0.15) is 0 Å². The van der Waals surface area contributed by atoms with Gasteiger partial charge in [0, 0.05) is 6.54 Å². The summed E-state index contributed by atoms with van der Waals surface area (Å²) in [5.74, 6) is 0. The Kier molecular flexibility index (Phi) is 5.99. The van der Waals surface area contributed by atoms with E-state index in [-0.39, 0.29) is 16.5 Å². The zero-order valence-electron chi connectivity index (χ0n) is 12.6. The highest BCUT2D eigenvalue weighted by atomic mass is 35.5. The van der Waals surface area contributed by atoms with Gasteiger partial charge in [0.05, 0.1) is 5.02 Å². The first kappa shape index (κ1) is 18.5. The molecule has 0 aliphatic carbocycles. The van der Waals surface area contributed by atoms with Crippen LogP contribution in [0, 0.1) is 0 Å². The molecule has 0 radical (unpaired) electrons. The number of carbonyl (C=O) groups excluding carboxylic acids is 1. The number of hydrogen-bond donors (Lipinski definition) is 2. The van der Waals surface area contributed by atoms with Gasteiger partial charge in [0.2, 0.25) is 10.0 Å². The molecule has 122 valence electrons. The zero-order chi connectivity index (χ0) is 17.0.